The molecule has 6 nitrogen and oxygen atoms in total. The largest absolute Gasteiger partial charge is 0.493 e. The minimum absolute atomic E-state index is 0.0390. The zero-order valence-corrected chi connectivity index (χ0v) is 14.6. The number of anilines is 1. The Morgan fingerprint density at radius 2 is 1.92 bits per heavy atom. The molecule has 0 unspecified atom stereocenters. The number of nitrogens with one attached hydrogen (secondary N) is 1. The van der Waals surface area contributed by atoms with Gasteiger partial charge in [-0.15, -0.1) is 0 Å². The number of urea groups is 1. The van der Waals surface area contributed by atoms with Gasteiger partial charge in [0.05, 0.1) is 24.5 Å². The monoisotopic (exact) mass is 373 g/mol. The first-order valence-electron chi connectivity index (χ1n) is 8.18. The molecule has 1 atom stereocenters. The van der Waals surface area contributed by atoms with Crippen LogP contribution in [0.4, 0.5) is 23.7 Å². The van der Waals surface area contributed by atoms with Crippen LogP contribution in [0, 0.1) is 5.92 Å². The van der Waals surface area contributed by atoms with Crippen molar-refractivity contribution in [2.75, 3.05) is 18.5 Å². The van der Waals surface area contributed by atoms with Gasteiger partial charge in [-0.1, -0.05) is 0 Å². The van der Waals surface area contributed by atoms with Crippen LogP contribution in [0.15, 0.2) is 24.3 Å². The minimum Gasteiger partial charge on any atom is -0.493 e. The summed E-state index contributed by atoms with van der Waals surface area (Å²) in [7, 11) is 0. The molecule has 0 radical (unpaired) electrons. The summed E-state index contributed by atoms with van der Waals surface area (Å²) < 4.78 is 44.7. The normalized spacial score (nSPS) is 19.3. The van der Waals surface area contributed by atoms with E-state index in [1.54, 1.807) is 24.3 Å². The zero-order chi connectivity index (χ0) is 19.5. The van der Waals surface area contributed by atoms with Crippen LogP contribution in [0.25, 0.3) is 0 Å². The van der Waals surface area contributed by atoms with Crippen LogP contribution in [0.5, 0.6) is 5.75 Å². The smallest absolute Gasteiger partial charge is 0.394 e. The number of rotatable bonds is 5. The van der Waals surface area contributed by atoms with Gasteiger partial charge in [-0.3, -0.25) is 4.79 Å². The number of nitrogens with two attached hydrogens (primary N) is 1. The molecule has 0 bridgehead atoms. The van der Waals surface area contributed by atoms with Gasteiger partial charge in [0.25, 0.3) is 0 Å². The number of primary amides is 1. The summed E-state index contributed by atoms with van der Waals surface area (Å²) in [5.41, 5.74) is 4.13. The molecule has 1 saturated heterocycles. The second kappa shape index (κ2) is 7.43. The van der Waals surface area contributed by atoms with Crippen molar-refractivity contribution in [1.82, 2.24) is 4.90 Å². The molecule has 1 aliphatic rings. The second-order valence-corrected chi connectivity index (χ2v) is 6.71. The lowest BCUT2D eigenvalue weighted by Crippen LogP contribution is -2.51. The van der Waals surface area contributed by atoms with Crippen molar-refractivity contribution in [3.8, 4) is 5.75 Å². The van der Waals surface area contributed by atoms with Gasteiger partial charge in [-0.05, 0) is 44.5 Å². The molecule has 1 aliphatic heterocycles. The van der Waals surface area contributed by atoms with Crippen molar-refractivity contribution in [1.29, 1.82) is 0 Å². The third kappa shape index (κ3) is 4.59. The van der Waals surface area contributed by atoms with Gasteiger partial charge < -0.3 is 20.7 Å². The van der Waals surface area contributed by atoms with Gasteiger partial charge in [0.1, 0.15) is 5.75 Å². The quantitative estimate of drug-likeness (QED) is 0.832. The number of halogens is 3. The third-order valence-electron chi connectivity index (χ3n) is 4.55. The van der Waals surface area contributed by atoms with E-state index in [1.165, 1.54) is 18.7 Å². The molecule has 3 N–H and O–H groups in total. The highest BCUT2D eigenvalue weighted by Gasteiger charge is 2.56. The van der Waals surface area contributed by atoms with Crippen LogP contribution in [0.2, 0.25) is 0 Å². The molecule has 0 saturated carbocycles. The van der Waals surface area contributed by atoms with Crippen LogP contribution in [0.1, 0.15) is 26.7 Å². The average Bonchev–Trinajstić information content (AvgIpc) is 2.83. The third-order valence-corrected chi connectivity index (χ3v) is 4.55. The summed E-state index contributed by atoms with van der Waals surface area (Å²) in [6, 6.07) is 5.74. The predicted molar refractivity (Wildman–Crippen MR) is 89.7 cm³/mol. The zero-order valence-electron chi connectivity index (χ0n) is 14.6. The lowest BCUT2D eigenvalue weighted by Gasteiger charge is -2.36. The highest BCUT2D eigenvalue weighted by atomic mass is 19.4. The van der Waals surface area contributed by atoms with E-state index in [1.807, 2.05) is 0 Å². The number of alkyl halides is 3. The summed E-state index contributed by atoms with van der Waals surface area (Å²) in [4.78, 5) is 24.3. The van der Waals surface area contributed by atoms with Crippen LogP contribution < -0.4 is 15.8 Å². The Labute approximate surface area is 149 Å². The number of nitrogens with zero attached hydrogens (tertiary/aromatic N) is 1. The molecule has 9 heteroatoms. The van der Waals surface area contributed by atoms with Gasteiger partial charge in [0.2, 0.25) is 5.91 Å². The fourth-order valence-corrected chi connectivity index (χ4v) is 3.11. The number of carbonyl (C=O) groups excluding carboxylic acids is 2. The molecule has 26 heavy (non-hydrogen) atoms. The van der Waals surface area contributed by atoms with E-state index in [4.69, 9.17) is 10.5 Å². The van der Waals surface area contributed by atoms with E-state index < -0.39 is 29.6 Å². The number of hydrogen-bond donors (Lipinski definition) is 2. The maximum absolute atomic E-state index is 13.1. The van der Waals surface area contributed by atoms with Crippen molar-refractivity contribution in [3.05, 3.63) is 24.3 Å². The van der Waals surface area contributed by atoms with Gasteiger partial charge in [-0.25, -0.2) is 4.79 Å². The molecule has 1 fully saturated rings. The molecule has 2 rings (SSSR count). The Morgan fingerprint density at radius 1 is 1.31 bits per heavy atom. The van der Waals surface area contributed by atoms with E-state index in [-0.39, 0.29) is 26.0 Å². The second-order valence-electron chi connectivity index (χ2n) is 6.71. The Morgan fingerprint density at radius 3 is 2.42 bits per heavy atom. The SMILES string of the molecule is CC1(C)[C@H](C(F)(F)F)CCN1C(=O)Nc1ccc(OCCC(N)=O)cc1. The highest BCUT2D eigenvalue weighted by molar-refractivity contribution is 5.90. The van der Waals surface area contributed by atoms with Crippen molar-refractivity contribution < 1.29 is 27.5 Å². The van der Waals surface area contributed by atoms with Crippen LogP contribution in [-0.2, 0) is 4.79 Å². The first-order valence-corrected chi connectivity index (χ1v) is 8.18. The molecule has 0 aliphatic carbocycles. The van der Waals surface area contributed by atoms with Crippen LogP contribution in [0.3, 0.4) is 0 Å². The molecule has 1 aromatic carbocycles. The summed E-state index contributed by atoms with van der Waals surface area (Å²) >= 11 is 0. The Hall–Kier alpha value is -2.45. The van der Waals surface area contributed by atoms with E-state index in [9.17, 15) is 22.8 Å². The summed E-state index contributed by atoms with van der Waals surface area (Å²) in [5.74, 6) is -1.54. The number of amides is 3. The van der Waals surface area contributed by atoms with Crippen molar-refractivity contribution in [2.45, 2.75) is 38.4 Å². The number of benzene rings is 1. The van der Waals surface area contributed by atoms with E-state index in [2.05, 4.69) is 5.32 Å². The maximum Gasteiger partial charge on any atom is 0.394 e. The highest BCUT2D eigenvalue weighted by Crippen LogP contribution is 2.44. The Kier molecular flexibility index (Phi) is 5.68. The molecule has 0 aromatic heterocycles. The fourth-order valence-electron chi connectivity index (χ4n) is 3.11. The van der Waals surface area contributed by atoms with Gasteiger partial charge in [-0.2, -0.15) is 13.2 Å². The van der Waals surface area contributed by atoms with E-state index >= 15 is 0 Å². The molecule has 1 aromatic rings. The average molecular weight is 373 g/mol. The van der Waals surface area contributed by atoms with Crippen molar-refractivity contribution in [3.63, 3.8) is 0 Å². The van der Waals surface area contributed by atoms with Crippen LogP contribution in [-0.4, -0.2) is 41.7 Å². The summed E-state index contributed by atoms with van der Waals surface area (Å²) in [6.07, 6.45) is -4.37. The molecule has 1 heterocycles. The molecule has 3 amide bonds. The number of ether oxygens (including phenoxy) is 1. The maximum atomic E-state index is 13.1. The van der Waals surface area contributed by atoms with E-state index in [0.29, 0.717) is 11.4 Å². The van der Waals surface area contributed by atoms with Crippen molar-refractivity contribution >= 4 is 17.6 Å². The lowest BCUT2D eigenvalue weighted by atomic mass is 9.88. The predicted octanol–water partition coefficient (Wildman–Crippen LogP) is 3.14. The summed E-state index contributed by atoms with van der Waals surface area (Å²) in [5, 5.41) is 2.60. The van der Waals surface area contributed by atoms with Gasteiger partial charge in [0, 0.05) is 12.2 Å². The topological polar surface area (TPSA) is 84.7 Å². The van der Waals surface area contributed by atoms with Gasteiger partial charge >= 0.3 is 12.2 Å². The first-order chi connectivity index (χ1) is 12.0. The summed E-state index contributed by atoms with van der Waals surface area (Å²) in [6.45, 7) is 3.03. The fraction of sp³-hybridized carbons (Fsp3) is 0.529. The molecule has 144 valence electrons. The van der Waals surface area contributed by atoms with Crippen LogP contribution >= 0.6 is 0 Å². The minimum atomic E-state index is -4.34. The lowest BCUT2D eigenvalue weighted by molar-refractivity contribution is -0.189. The van der Waals surface area contributed by atoms with E-state index in [0.717, 1.165) is 0 Å². The molecular weight excluding hydrogens is 351 g/mol. The molecule has 0 spiro atoms. The van der Waals surface area contributed by atoms with Crippen molar-refractivity contribution in [2.24, 2.45) is 11.7 Å². The van der Waals surface area contributed by atoms with Gasteiger partial charge in [0.15, 0.2) is 0 Å². The number of likely N-dealkylation sites (tertiary alicyclic amines) is 1. The Balaban J connectivity index is 1.96. The first kappa shape index (κ1) is 19.9. The molecular formula is C17H22F3N3O3. The Bertz CT molecular complexity index is 659. The number of carbonyl (C=O) groups is 2. The number of hydrogen-bond acceptors (Lipinski definition) is 3. The standard InChI is InChI=1S/C17H22F3N3O3/c1-16(2)13(17(18,19)20)7-9-23(16)15(25)22-11-3-5-12(6-4-11)26-10-8-14(21)24/h3-6,13H,7-10H2,1-2H3,(H2,21,24)(H,22,25)/t13-/m1/s1.